The molecule has 0 amide bonds. The number of carbonyl (C=O) groups is 1. The molecule has 4 heteroatoms. The molecule has 4 nitrogen and oxygen atoms in total. The second-order valence-electron chi connectivity index (χ2n) is 8.33. The van der Waals surface area contributed by atoms with Crippen molar-refractivity contribution in [2.45, 2.75) is 39.2 Å². The number of unbranched alkanes of at least 4 members (excludes halogenated alkanes) is 1. The van der Waals surface area contributed by atoms with Crippen LogP contribution in [0.15, 0.2) is 78.9 Å². The van der Waals surface area contributed by atoms with Crippen LogP contribution in [-0.2, 0) is 20.7 Å². The maximum atomic E-state index is 12.3. The van der Waals surface area contributed by atoms with Crippen molar-refractivity contribution in [3.05, 3.63) is 95.6 Å². The predicted molar refractivity (Wildman–Crippen MR) is 136 cm³/mol. The minimum atomic E-state index is -0.578. The molecule has 0 radical (unpaired) electrons. The van der Waals surface area contributed by atoms with Crippen LogP contribution in [0.25, 0.3) is 16.7 Å². The minimum absolute atomic E-state index is 0.303. The summed E-state index contributed by atoms with van der Waals surface area (Å²) in [6.45, 7) is 5.29. The molecular weight excluding hydrogens is 424 g/mol. The Morgan fingerprint density at radius 3 is 2.06 bits per heavy atom. The van der Waals surface area contributed by atoms with Gasteiger partial charge in [0.2, 0.25) is 0 Å². The molecule has 0 aliphatic heterocycles. The summed E-state index contributed by atoms with van der Waals surface area (Å²) in [5, 5.41) is 0. The van der Waals surface area contributed by atoms with Gasteiger partial charge in [-0.1, -0.05) is 74.0 Å². The van der Waals surface area contributed by atoms with Crippen molar-refractivity contribution in [1.29, 1.82) is 0 Å². The number of rotatable bonds is 11. The van der Waals surface area contributed by atoms with Crippen molar-refractivity contribution in [2.75, 3.05) is 19.8 Å². The smallest absolute Gasteiger partial charge is 0.335 e. The second kappa shape index (κ2) is 11.7. The molecular formula is C30H32O4. The summed E-state index contributed by atoms with van der Waals surface area (Å²) >= 11 is 0. The van der Waals surface area contributed by atoms with E-state index in [9.17, 15) is 4.79 Å². The van der Waals surface area contributed by atoms with Crippen LogP contribution in [0, 0.1) is 0 Å². The molecule has 0 fully saturated rings. The molecule has 0 N–H and O–H groups in total. The minimum Gasteiger partial charge on any atom is -0.490 e. The zero-order valence-corrected chi connectivity index (χ0v) is 20.0. The first-order valence-electron chi connectivity index (χ1n) is 12.1. The van der Waals surface area contributed by atoms with Crippen LogP contribution < -0.4 is 4.74 Å². The molecule has 1 aliphatic carbocycles. The number of benzene rings is 3. The average molecular weight is 457 g/mol. The van der Waals surface area contributed by atoms with Gasteiger partial charge >= 0.3 is 5.97 Å². The Morgan fingerprint density at radius 1 is 0.853 bits per heavy atom. The third-order valence-electron chi connectivity index (χ3n) is 5.97. The van der Waals surface area contributed by atoms with Crippen LogP contribution in [0.5, 0.6) is 5.75 Å². The topological polar surface area (TPSA) is 44.8 Å². The van der Waals surface area contributed by atoms with E-state index in [2.05, 4.69) is 61.5 Å². The number of carbonyl (C=O) groups excluding carboxylic acids is 1. The van der Waals surface area contributed by atoms with Crippen molar-refractivity contribution in [3.63, 3.8) is 0 Å². The van der Waals surface area contributed by atoms with Crippen LogP contribution in [0.4, 0.5) is 0 Å². The monoisotopic (exact) mass is 456 g/mol. The molecule has 1 aliphatic rings. The first-order valence-corrected chi connectivity index (χ1v) is 12.1. The van der Waals surface area contributed by atoms with E-state index in [0.29, 0.717) is 26.2 Å². The number of esters is 1. The average Bonchev–Trinajstić information content (AvgIpc) is 3.18. The van der Waals surface area contributed by atoms with Crippen LogP contribution in [0.3, 0.4) is 0 Å². The zero-order chi connectivity index (χ0) is 23.8. The summed E-state index contributed by atoms with van der Waals surface area (Å²) in [7, 11) is 0. The maximum Gasteiger partial charge on any atom is 0.335 e. The van der Waals surface area contributed by atoms with E-state index in [0.717, 1.165) is 24.2 Å². The van der Waals surface area contributed by atoms with E-state index >= 15 is 0 Å². The van der Waals surface area contributed by atoms with Crippen molar-refractivity contribution < 1.29 is 19.0 Å². The molecule has 176 valence electrons. The Labute approximate surface area is 202 Å². The van der Waals surface area contributed by atoms with E-state index in [-0.39, 0.29) is 5.97 Å². The van der Waals surface area contributed by atoms with Gasteiger partial charge < -0.3 is 14.2 Å². The predicted octanol–water partition coefficient (Wildman–Crippen LogP) is 6.47. The summed E-state index contributed by atoms with van der Waals surface area (Å²) in [6, 6.07) is 24.8. The Bertz CT molecular complexity index is 1080. The normalized spacial score (nSPS) is 12.6. The molecule has 0 bridgehead atoms. The van der Waals surface area contributed by atoms with E-state index in [4.69, 9.17) is 14.2 Å². The van der Waals surface area contributed by atoms with Gasteiger partial charge in [-0.2, -0.15) is 0 Å². The summed E-state index contributed by atoms with van der Waals surface area (Å²) in [4.78, 5) is 12.3. The molecule has 4 rings (SSSR count). The van der Waals surface area contributed by atoms with Crippen LogP contribution >= 0.6 is 0 Å². The van der Waals surface area contributed by atoms with Gasteiger partial charge in [-0.3, -0.25) is 0 Å². The fourth-order valence-corrected chi connectivity index (χ4v) is 4.24. The van der Waals surface area contributed by atoms with Gasteiger partial charge in [0.1, 0.15) is 12.4 Å². The highest BCUT2D eigenvalue weighted by molar-refractivity contribution is 6.01. The molecule has 1 unspecified atom stereocenters. The molecule has 0 spiro atoms. The van der Waals surface area contributed by atoms with E-state index < -0.39 is 6.10 Å². The summed E-state index contributed by atoms with van der Waals surface area (Å²) in [5.41, 5.74) is 7.26. The number of hydrogen-bond donors (Lipinski definition) is 0. The summed E-state index contributed by atoms with van der Waals surface area (Å²) in [6.07, 6.45) is 4.00. The van der Waals surface area contributed by atoms with Crippen molar-refractivity contribution in [3.8, 4) is 16.9 Å². The van der Waals surface area contributed by atoms with Gasteiger partial charge in [0, 0.05) is 13.0 Å². The molecule has 34 heavy (non-hydrogen) atoms. The molecule has 3 aromatic carbocycles. The molecule has 0 aromatic heterocycles. The van der Waals surface area contributed by atoms with Crippen molar-refractivity contribution in [2.24, 2.45) is 0 Å². The molecule has 0 saturated carbocycles. The molecule has 0 saturated heterocycles. The number of hydrogen-bond acceptors (Lipinski definition) is 4. The van der Waals surface area contributed by atoms with Gasteiger partial charge in [-0.15, -0.1) is 0 Å². The van der Waals surface area contributed by atoms with Crippen molar-refractivity contribution in [1.82, 2.24) is 0 Å². The van der Waals surface area contributed by atoms with Gasteiger partial charge in [0.05, 0.1) is 6.61 Å². The quantitative estimate of drug-likeness (QED) is 0.192. The Balaban J connectivity index is 1.39. The van der Waals surface area contributed by atoms with Gasteiger partial charge in [0.15, 0.2) is 6.10 Å². The van der Waals surface area contributed by atoms with Crippen LogP contribution in [-0.4, -0.2) is 31.9 Å². The lowest BCUT2D eigenvalue weighted by atomic mass is 10.0. The lowest BCUT2D eigenvalue weighted by Crippen LogP contribution is -2.29. The van der Waals surface area contributed by atoms with Gasteiger partial charge in [-0.25, -0.2) is 4.79 Å². The van der Waals surface area contributed by atoms with Crippen LogP contribution in [0.1, 0.15) is 43.4 Å². The van der Waals surface area contributed by atoms with Gasteiger partial charge in [0.25, 0.3) is 0 Å². The maximum absolute atomic E-state index is 12.3. The largest absolute Gasteiger partial charge is 0.490 e. The Kier molecular flexibility index (Phi) is 8.16. The SMILES string of the molecule is CCCCOC(Cc1ccc(OCC=C2c3ccccc3-c3ccccc32)cc1)C(=O)OCC. The molecule has 3 aromatic rings. The number of ether oxygens (including phenoxy) is 3. The zero-order valence-electron chi connectivity index (χ0n) is 20.0. The standard InChI is InChI=1S/C30H32O4/c1-3-5-19-34-29(30(31)32-4-2)21-22-14-16-23(17-15-22)33-20-18-28-26-12-8-6-10-24(26)25-11-7-9-13-27(25)28/h6-18,29H,3-5,19-21H2,1-2H3. The Morgan fingerprint density at radius 2 is 1.47 bits per heavy atom. The highest BCUT2D eigenvalue weighted by Gasteiger charge is 2.22. The fraction of sp³-hybridized carbons (Fsp3) is 0.300. The fourth-order valence-electron chi connectivity index (χ4n) is 4.24. The molecule has 1 atom stereocenters. The van der Waals surface area contributed by atoms with E-state index in [1.54, 1.807) is 0 Å². The second-order valence-corrected chi connectivity index (χ2v) is 8.33. The van der Waals surface area contributed by atoms with E-state index in [1.807, 2.05) is 31.2 Å². The third kappa shape index (κ3) is 5.57. The molecule has 0 heterocycles. The Hall–Kier alpha value is -3.37. The lowest BCUT2D eigenvalue weighted by molar-refractivity contribution is -0.156. The first-order chi connectivity index (χ1) is 16.7. The van der Waals surface area contributed by atoms with Crippen LogP contribution in [0.2, 0.25) is 0 Å². The third-order valence-corrected chi connectivity index (χ3v) is 5.97. The first kappa shape index (κ1) is 23.8. The highest BCUT2D eigenvalue weighted by atomic mass is 16.6. The number of fused-ring (bicyclic) bond motifs is 3. The van der Waals surface area contributed by atoms with Gasteiger partial charge in [-0.05, 0) is 64.9 Å². The summed E-state index contributed by atoms with van der Waals surface area (Å²) < 4.78 is 17.0. The van der Waals surface area contributed by atoms with E-state index in [1.165, 1.54) is 27.8 Å². The van der Waals surface area contributed by atoms with Crippen molar-refractivity contribution >= 4 is 11.5 Å². The lowest BCUT2D eigenvalue weighted by Gasteiger charge is -2.16. The highest BCUT2D eigenvalue weighted by Crippen LogP contribution is 2.43. The summed E-state index contributed by atoms with van der Waals surface area (Å²) in [5.74, 6) is 0.488.